The van der Waals surface area contributed by atoms with Crippen LogP contribution in [0.5, 0.6) is 0 Å². The molecule has 0 saturated carbocycles. The first-order valence-corrected chi connectivity index (χ1v) is 12.1. The number of methoxy groups -OCH3 is 2. The minimum absolute atomic E-state index is 0.0406. The van der Waals surface area contributed by atoms with Gasteiger partial charge in [0.25, 0.3) is 0 Å². The highest BCUT2D eigenvalue weighted by molar-refractivity contribution is 7.91. The summed E-state index contributed by atoms with van der Waals surface area (Å²) < 4.78 is 37.1. The molecule has 4 aromatic rings. The molecular weight excluding hydrogens is 492 g/mol. The molecule has 0 aliphatic heterocycles. The molecule has 0 fully saturated rings. The number of hydrogen-bond acceptors (Lipinski definition) is 7. The summed E-state index contributed by atoms with van der Waals surface area (Å²) in [6.07, 6.45) is 0. The summed E-state index contributed by atoms with van der Waals surface area (Å²) in [6.45, 7) is 0. The zero-order chi connectivity index (χ0) is 25.2. The van der Waals surface area contributed by atoms with E-state index in [2.05, 4.69) is 5.10 Å². The highest BCUT2D eigenvalue weighted by Gasteiger charge is 2.31. The maximum absolute atomic E-state index is 13.0. The molecule has 0 aliphatic carbocycles. The Morgan fingerprint density at radius 3 is 1.89 bits per heavy atom. The highest BCUT2D eigenvalue weighted by atomic mass is 35.5. The summed E-state index contributed by atoms with van der Waals surface area (Å²) in [6, 6.07) is 20.4. The monoisotopic (exact) mass is 510 g/mol. The van der Waals surface area contributed by atoms with Crippen molar-refractivity contribution >= 4 is 33.4 Å². The Morgan fingerprint density at radius 2 is 1.34 bits per heavy atom. The van der Waals surface area contributed by atoms with Gasteiger partial charge in [-0.15, -0.1) is 0 Å². The number of rotatable bonds is 6. The van der Waals surface area contributed by atoms with Crippen molar-refractivity contribution in [1.29, 1.82) is 0 Å². The van der Waals surface area contributed by atoms with E-state index in [-0.39, 0.29) is 26.7 Å². The number of carbonyl (C=O) groups excluding carboxylic acids is 2. The first kappa shape index (κ1) is 24.2. The Morgan fingerprint density at radius 1 is 0.800 bits per heavy atom. The molecule has 1 aromatic heterocycles. The van der Waals surface area contributed by atoms with Crippen LogP contribution in [0, 0.1) is 0 Å². The smallest absolute Gasteiger partial charge is 0.357 e. The van der Waals surface area contributed by atoms with Crippen molar-refractivity contribution in [3.63, 3.8) is 0 Å². The van der Waals surface area contributed by atoms with Gasteiger partial charge in [-0.3, -0.25) is 0 Å². The van der Waals surface area contributed by atoms with Crippen molar-refractivity contribution in [3.8, 4) is 16.9 Å². The molecule has 0 N–H and O–H groups in total. The lowest BCUT2D eigenvalue weighted by atomic mass is 10.1. The molecule has 0 atom stereocenters. The van der Waals surface area contributed by atoms with Crippen molar-refractivity contribution in [3.05, 3.63) is 95.1 Å². The third-order valence-electron chi connectivity index (χ3n) is 5.22. The van der Waals surface area contributed by atoms with Crippen LogP contribution in [0.15, 0.2) is 88.7 Å². The van der Waals surface area contributed by atoms with Crippen molar-refractivity contribution in [2.75, 3.05) is 14.2 Å². The molecule has 0 amide bonds. The van der Waals surface area contributed by atoms with Crippen LogP contribution in [-0.2, 0) is 19.3 Å². The average Bonchev–Trinajstić information content (AvgIpc) is 3.29. The summed E-state index contributed by atoms with van der Waals surface area (Å²) >= 11 is 5.87. The number of esters is 2. The third-order valence-corrected chi connectivity index (χ3v) is 7.25. The molecule has 178 valence electrons. The Kier molecular flexibility index (Phi) is 6.72. The molecule has 10 heteroatoms. The average molecular weight is 511 g/mol. The topological polar surface area (TPSA) is 105 Å². The van der Waals surface area contributed by atoms with Gasteiger partial charge in [0.05, 0.1) is 29.7 Å². The van der Waals surface area contributed by atoms with E-state index in [9.17, 15) is 18.0 Å². The largest absolute Gasteiger partial charge is 0.465 e. The minimum Gasteiger partial charge on any atom is -0.465 e. The van der Waals surface area contributed by atoms with Gasteiger partial charge in [0, 0.05) is 10.6 Å². The quantitative estimate of drug-likeness (QED) is 0.349. The number of benzene rings is 3. The third kappa shape index (κ3) is 4.55. The van der Waals surface area contributed by atoms with Crippen LogP contribution in [0.4, 0.5) is 0 Å². The molecule has 0 spiro atoms. The van der Waals surface area contributed by atoms with Gasteiger partial charge in [-0.1, -0.05) is 41.9 Å². The Bertz CT molecular complexity index is 1500. The summed E-state index contributed by atoms with van der Waals surface area (Å²) in [5.74, 6) is -1.57. The number of halogens is 1. The van der Waals surface area contributed by atoms with Crippen molar-refractivity contribution in [1.82, 2.24) is 9.78 Å². The van der Waals surface area contributed by atoms with Gasteiger partial charge in [0.2, 0.25) is 9.84 Å². The van der Waals surface area contributed by atoms with Crippen LogP contribution >= 0.6 is 11.6 Å². The minimum atomic E-state index is -3.80. The second-order valence-corrected chi connectivity index (χ2v) is 9.67. The lowest BCUT2D eigenvalue weighted by molar-refractivity contribution is 0.0549. The second-order valence-electron chi connectivity index (χ2n) is 7.28. The van der Waals surface area contributed by atoms with Gasteiger partial charge in [-0.2, -0.15) is 5.10 Å². The zero-order valence-electron chi connectivity index (χ0n) is 18.6. The molecule has 0 aliphatic rings. The molecule has 0 bridgehead atoms. The Labute approximate surface area is 206 Å². The van der Waals surface area contributed by atoms with Crippen molar-refractivity contribution < 1.29 is 27.5 Å². The van der Waals surface area contributed by atoms with E-state index in [1.807, 2.05) is 0 Å². The second kappa shape index (κ2) is 9.73. The normalized spacial score (nSPS) is 11.2. The molecule has 1 heterocycles. The number of ether oxygens (including phenoxy) is 2. The molecule has 0 radical (unpaired) electrons. The molecule has 0 saturated heterocycles. The molecule has 3 aromatic carbocycles. The van der Waals surface area contributed by atoms with Gasteiger partial charge >= 0.3 is 11.9 Å². The van der Waals surface area contributed by atoms with E-state index in [1.54, 1.807) is 30.3 Å². The number of hydrogen-bond donors (Lipinski definition) is 0. The lowest BCUT2D eigenvalue weighted by Gasteiger charge is -2.07. The summed E-state index contributed by atoms with van der Waals surface area (Å²) in [5, 5.41) is 4.92. The number of aromatic nitrogens is 2. The van der Waals surface area contributed by atoms with Gasteiger partial charge in [-0.25, -0.2) is 22.7 Å². The van der Waals surface area contributed by atoms with Gasteiger partial charge in [0.1, 0.15) is 11.3 Å². The maximum Gasteiger partial charge on any atom is 0.357 e. The van der Waals surface area contributed by atoms with Crippen LogP contribution in [0.3, 0.4) is 0 Å². The first-order chi connectivity index (χ1) is 16.8. The predicted molar refractivity (Wildman–Crippen MR) is 129 cm³/mol. The molecular formula is C25H19ClN2O6S. The molecule has 0 unspecified atom stereocenters. The van der Waals surface area contributed by atoms with Gasteiger partial charge < -0.3 is 9.47 Å². The van der Waals surface area contributed by atoms with Crippen LogP contribution in [0.1, 0.15) is 20.8 Å². The fourth-order valence-electron chi connectivity index (χ4n) is 3.50. The summed E-state index contributed by atoms with van der Waals surface area (Å²) in [5.41, 5.74) is 0.845. The van der Waals surface area contributed by atoms with Crippen LogP contribution in [0.25, 0.3) is 16.9 Å². The number of nitrogens with zero attached hydrogens (tertiary/aromatic N) is 2. The van der Waals surface area contributed by atoms with Crippen LogP contribution in [-0.4, -0.2) is 44.4 Å². The van der Waals surface area contributed by atoms with Gasteiger partial charge in [-0.05, 0) is 48.5 Å². The molecule has 8 nitrogen and oxygen atoms in total. The van der Waals surface area contributed by atoms with E-state index in [1.165, 1.54) is 67.4 Å². The predicted octanol–water partition coefficient (Wildman–Crippen LogP) is 4.60. The van der Waals surface area contributed by atoms with Crippen molar-refractivity contribution in [2.24, 2.45) is 0 Å². The molecule has 35 heavy (non-hydrogen) atoms. The number of sulfone groups is 1. The zero-order valence-corrected chi connectivity index (χ0v) is 20.2. The molecule has 4 rings (SSSR count). The number of para-hydroxylation sites is 1. The van der Waals surface area contributed by atoms with E-state index in [4.69, 9.17) is 21.1 Å². The lowest BCUT2D eigenvalue weighted by Crippen LogP contribution is -2.15. The van der Waals surface area contributed by atoms with E-state index >= 15 is 0 Å². The fraction of sp³-hybridized carbons (Fsp3) is 0.0800. The van der Waals surface area contributed by atoms with Crippen LogP contribution in [0.2, 0.25) is 5.02 Å². The van der Waals surface area contributed by atoms with E-state index in [0.717, 1.165) is 0 Å². The Balaban J connectivity index is 1.87. The highest BCUT2D eigenvalue weighted by Crippen LogP contribution is 2.31. The van der Waals surface area contributed by atoms with E-state index in [0.29, 0.717) is 16.3 Å². The van der Waals surface area contributed by atoms with E-state index < -0.39 is 21.8 Å². The summed E-state index contributed by atoms with van der Waals surface area (Å²) in [4.78, 5) is 25.6. The van der Waals surface area contributed by atoms with Crippen LogP contribution < -0.4 is 0 Å². The number of carbonyl (C=O) groups is 2. The van der Waals surface area contributed by atoms with Gasteiger partial charge in [0.15, 0.2) is 5.69 Å². The standard InChI is InChI=1S/C25H19ClN2O6S/c1-33-24(29)21-22(27-28(23(21)25(30)34-2)18-6-4-3-5-7-18)16-8-12-19(13-9-16)35(31,32)20-14-10-17(26)11-15-20/h3-15H,1-2H3. The SMILES string of the molecule is COC(=O)c1c(-c2ccc(S(=O)(=O)c3ccc(Cl)cc3)cc2)nn(-c2ccccc2)c1C(=O)OC. The van der Waals surface area contributed by atoms with Crippen molar-refractivity contribution in [2.45, 2.75) is 9.79 Å². The summed E-state index contributed by atoms with van der Waals surface area (Å²) in [7, 11) is -1.41. The Hall–Kier alpha value is -3.95. The first-order valence-electron chi connectivity index (χ1n) is 10.2. The fourth-order valence-corrected chi connectivity index (χ4v) is 4.89. The maximum atomic E-state index is 13.0.